The predicted octanol–water partition coefficient (Wildman–Crippen LogP) is 0.670. The van der Waals surface area contributed by atoms with E-state index in [0.717, 1.165) is 0 Å². The van der Waals surface area contributed by atoms with Crippen LogP contribution in [0.3, 0.4) is 0 Å². The molecule has 2 heterocycles. The molecular weight excluding hydrogens is 278 g/mol. The Labute approximate surface area is 122 Å². The van der Waals surface area contributed by atoms with Crippen LogP contribution in [0.5, 0.6) is 0 Å². The summed E-state index contributed by atoms with van der Waals surface area (Å²) in [5.41, 5.74) is -0.967. The average molecular weight is 305 g/mol. The average Bonchev–Trinajstić information content (AvgIpc) is 2.69. The molecule has 118 valence electrons. The van der Waals surface area contributed by atoms with Crippen molar-refractivity contribution in [2.24, 2.45) is 5.92 Å². The molecule has 0 bridgehead atoms. The molecule has 3 atom stereocenters. The Hall–Kier alpha value is -0.170. The summed E-state index contributed by atoms with van der Waals surface area (Å²) in [6.45, 7) is 8.44. The summed E-state index contributed by atoms with van der Waals surface area (Å²) in [5.74, 6) is 0.489. The van der Waals surface area contributed by atoms with E-state index in [4.69, 9.17) is 4.74 Å². The van der Waals surface area contributed by atoms with Gasteiger partial charge in [-0.2, -0.15) is 0 Å². The zero-order valence-electron chi connectivity index (χ0n) is 13.1. The van der Waals surface area contributed by atoms with Crippen molar-refractivity contribution in [3.05, 3.63) is 0 Å². The summed E-state index contributed by atoms with van der Waals surface area (Å²) in [6, 6.07) is 0.0618. The first-order valence-corrected chi connectivity index (χ1v) is 9.06. The lowest BCUT2D eigenvalue weighted by Gasteiger charge is -2.33. The minimum absolute atomic E-state index is 0.0224. The van der Waals surface area contributed by atoms with Gasteiger partial charge in [0.05, 0.1) is 28.8 Å². The summed E-state index contributed by atoms with van der Waals surface area (Å²) < 4.78 is 29.1. The van der Waals surface area contributed by atoms with Gasteiger partial charge in [-0.25, -0.2) is 8.42 Å². The molecule has 2 fully saturated rings. The number of sulfone groups is 1. The van der Waals surface area contributed by atoms with E-state index in [1.54, 1.807) is 0 Å². The van der Waals surface area contributed by atoms with Gasteiger partial charge >= 0.3 is 0 Å². The van der Waals surface area contributed by atoms with E-state index >= 15 is 0 Å². The monoisotopic (exact) mass is 305 g/mol. The van der Waals surface area contributed by atoms with Crippen molar-refractivity contribution in [3.63, 3.8) is 0 Å². The van der Waals surface area contributed by atoms with Gasteiger partial charge in [0.25, 0.3) is 0 Å². The second-order valence-electron chi connectivity index (χ2n) is 7.36. The molecule has 0 saturated carbocycles. The molecule has 5 nitrogen and oxygen atoms in total. The minimum Gasteiger partial charge on any atom is -0.390 e. The van der Waals surface area contributed by atoms with Crippen LogP contribution in [0.25, 0.3) is 0 Å². The van der Waals surface area contributed by atoms with Gasteiger partial charge in [0.2, 0.25) is 0 Å². The van der Waals surface area contributed by atoms with E-state index in [1.165, 1.54) is 0 Å². The predicted molar refractivity (Wildman–Crippen MR) is 78.4 cm³/mol. The van der Waals surface area contributed by atoms with E-state index in [9.17, 15) is 13.5 Å². The lowest BCUT2D eigenvalue weighted by Crippen LogP contribution is -2.45. The molecule has 0 aliphatic carbocycles. The lowest BCUT2D eigenvalue weighted by molar-refractivity contribution is -0.0913. The van der Waals surface area contributed by atoms with Crippen LogP contribution in [-0.2, 0) is 14.6 Å². The Morgan fingerprint density at radius 1 is 1.25 bits per heavy atom. The van der Waals surface area contributed by atoms with Gasteiger partial charge in [0.15, 0.2) is 9.84 Å². The van der Waals surface area contributed by atoms with Gasteiger partial charge in [0.1, 0.15) is 0 Å². The highest BCUT2D eigenvalue weighted by Crippen LogP contribution is 2.42. The topological polar surface area (TPSA) is 66.8 Å². The van der Waals surface area contributed by atoms with Gasteiger partial charge in [0, 0.05) is 18.5 Å². The van der Waals surface area contributed by atoms with Crippen molar-refractivity contribution in [2.75, 3.05) is 25.1 Å². The van der Waals surface area contributed by atoms with E-state index < -0.39 is 27.1 Å². The third-order valence-corrected chi connectivity index (χ3v) is 6.58. The molecule has 2 saturated heterocycles. The molecule has 2 rings (SSSR count). The summed E-state index contributed by atoms with van der Waals surface area (Å²) in [6.07, 6.45) is 0.143. The maximum atomic E-state index is 11.6. The summed E-state index contributed by atoms with van der Waals surface area (Å²) in [7, 11) is -0.931. The van der Waals surface area contributed by atoms with E-state index in [1.807, 2.05) is 34.7 Å². The van der Waals surface area contributed by atoms with Crippen molar-refractivity contribution < 1.29 is 18.3 Å². The third-order valence-electron chi connectivity index (χ3n) is 4.83. The Balaban J connectivity index is 2.06. The molecule has 20 heavy (non-hydrogen) atoms. The highest BCUT2D eigenvalue weighted by molar-refractivity contribution is 7.91. The van der Waals surface area contributed by atoms with Gasteiger partial charge in [-0.1, -0.05) is 0 Å². The Bertz CT molecular complexity index is 472. The Morgan fingerprint density at radius 3 is 2.25 bits per heavy atom. The maximum Gasteiger partial charge on any atom is 0.151 e. The van der Waals surface area contributed by atoms with Crippen LogP contribution in [-0.4, -0.2) is 66.9 Å². The molecule has 0 amide bonds. The fraction of sp³-hybridized carbons (Fsp3) is 1.00. The Kier molecular flexibility index (Phi) is 4.00. The Morgan fingerprint density at radius 2 is 1.85 bits per heavy atom. The standard InChI is InChI=1S/C14H27NO4S/c1-13(2)11(12(16)14(3,4)19-13)8-15(5)10-6-7-20(17,18)9-10/h10-12,16H,6-9H2,1-5H3. The molecule has 2 aliphatic heterocycles. The zero-order chi connectivity index (χ0) is 15.3. The molecule has 0 aromatic rings. The summed E-state index contributed by atoms with van der Waals surface area (Å²) in [5, 5.41) is 10.5. The molecule has 1 N–H and O–H groups in total. The summed E-state index contributed by atoms with van der Waals surface area (Å²) >= 11 is 0. The minimum atomic E-state index is -2.87. The number of rotatable bonds is 3. The number of aliphatic hydroxyl groups is 1. The van der Waals surface area contributed by atoms with Crippen LogP contribution in [0.15, 0.2) is 0 Å². The van der Waals surface area contributed by atoms with Gasteiger partial charge < -0.3 is 14.7 Å². The smallest absolute Gasteiger partial charge is 0.151 e. The highest BCUT2D eigenvalue weighted by Gasteiger charge is 2.53. The van der Waals surface area contributed by atoms with Gasteiger partial charge in [-0.3, -0.25) is 0 Å². The first kappa shape index (κ1) is 16.2. The number of aliphatic hydroxyl groups excluding tert-OH is 1. The molecule has 0 aromatic carbocycles. The zero-order valence-corrected chi connectivity index (χ0v) is 13.9. The number of nitrogens with zero attached hydrogens (tertiary/aromatic N) is 1. The quantitative estimate of drug-likeness (QED) is 0.830. The highest BCUT2D eigenvalue weighted by atomic mass is 32.2. The molecule has 0 spiro atoms. The van der Waals surface area contributed by atoms with Crippen molar-refractivity contribution in [1.29, 1.82) is 0 Å². The largest absolute Gasteiger partial charge is 0.390 e. The third kappa shape index (κ3) is 3.03. The number of hydrogen-bond acceptors (Lipinski definition) is 5. The van der Waals surface area contributed by atoms with Crippen molar-refractivity contribution in [1.82, 2.24) is 4.90 Å². The van der Waals surface area contributed by atoms with Crippen LogP contribution in [0.1, 0.15) is 34.1 Å². The van der Waals surface area contributed by atoms with E-state index in [2.05, 4.69) is 4.90 Å². The molecule has 0 radical (unpaired) electrons. The summed E-state index contributed by atoms with van der Waals surface area (Å²) in [4.78, 5) is 2.07. The van der Waals surface area contributed by atoms with E-state index in [0.29, 0.717) is 13.0 Å². The first-order chi connectivity index (χ1) is 8.95. The fourth-order valence-electron chi connectivity index (χ4n) is 3.58. The number of hydrogen-bond donors (Lipinski definition) is 1. The molecule has 0 aromatic heterocycles. The fourth-order valence-corrected chi connectivity index (χ4v) is 5.39. The van der Waals surface area contributed by atoms with Crippen molar-refractivity contribution in [3.8, 4) is 0 Å². The lowest BCUT2D eigenvalue weighted by atomic mass is 9.84. The van der Waals surface area contributed by atoms with Crippen LogP contribution in [0.2, 0.25) is 0 Å². The molecular formula is C14H27NO4S. The van der Waals surface area contributed by atoms with Gasteiger partial charge in [-0.15, -0.1) is 0 Å². The van der Waals surface area contributed by atoms with Crippen LogP contribution >= 0.6 is 0 Å². The first-order valence-electron chi connectivity index (χ1n) is 7.23. The van der Waals surface area contributed by atoms with Crippen LogP contribution in [0, 0.1) is 5.92 Å². The maximum absolute atomic E-state index is 11.6. The van der Waals surface area contributed by atoms with Crippen molar-refractivity contribution >= 4 is 9.84 Å². The van der Waals surface area contributed by atoms with E-state index in [-0.39, 0.29) is 23.5 Å². The van der Waals surface area contributed by atoms with Crippen molar-refractivity contribution in [2.45, 2.75) is 57.5 Å². The second kappa shape index (κ2) is 4.93. The van der Waals surface area contributed by atoms with Crippen LogP contribution < -0.4 is 0 Å². The van der Waals surface area contributed by atoms with Crippen LogP contribution in [0.4, 0.5) is 0 Å². The second-order valence-corrected chi connectivity index (χ2v) is 9.59. The SMILES string of the molecule is CN(CC1C(O)C(C)(C)OC1(C)C)C1CCS(=O)(=O)C1. The van der Waals surface area contributed by atoms with Gasteiger partial charge in [-0.05, 0) is 41.2 Å². The molecule has 3 unspecified atom stereocenters. The molecule has 2 aliphatic rings. The normalized spacial score (nSPS) is 38.5. The number of ether oxygens (including phenoxy) is 1. The molecule has 6 heteroatoms.